The van der Waals surface area contributed by atoms with E-state index in [2.05, 4.69) is 27.0 Å². The second-order valence-electron chi connectivity index (χ2n) is 6.15. The van der Waals surface area contributed by atoms with Gasteiger partial charge in [-0.25, -0.2) is 9.59 Å². The monoisotopic (exact) mass is 376 g/mol. The van der Waals surface area contributed by atoms with Gasteiger partial charge in [-0.05, 0) is 25.0 Å². The first kappa shape index (κ1) is 20.4. The van der Waals surface area contributed by atoms with Crippen LogP contribution in [0.5, 0.6) is 0 Å². The fourth-order valence-electron chi connectivity index (χ4n) is 2.94. The molecule has 1 aromatic rings. The fraction of sp³-hybridized carbons (Fsp3) is 0.444. The molecule has 1 fully saturated rings. The van der Waals surface area contributed by atoms with E-state index in [1.165, 1.54) is 19.3 Å². The molecule has 3 rings (SSSR count). The number of hydrogen-bond acceptors (Lipinski definition) is 7. The zero-order chi connectivity index (χ0) is 19.6. The topological polar surface area (TPSA) is 116 Å². The average molecular weight is 376 g/mol. The van der Waals surface area contributed by atoms with Crippen molar-refractivity contribution < 1.29 is 24.6 Å². The molecule has 3 heterocycles. The summed E-state index contributed by atoms with van der Waals surface area (Å²) >= 11 is 0. The quantitative estimate of drug-likeness (QED) is 0.754. The van der Waals surface area contributed by atoms with Gasteiger partial charge in [-0.15, -0.1) is 0 Å². The zero-order valence-electron chi connectivity index (χ0n) is 15.2. The number of carbonyl (C=O) groups is 2. The van der Waals surface area contributed by atoms with E-state index in [-0.39, 0.29) is 6.17 Å². The van der Waals surface area contributed by atoms with Crippen molar-refractivity contribution in [3.05, 3.63) is 42.2 Å². The number of likely N-dealkylation sites (N-methyl/N-ethyl adjacent to an activating group) is 1. The van der Waals surface area contributed by atoms with Crippen LogP contribution in [0.1, 0.15) is 24.8 Å². The third-order valence-electron chi connectivity index (χ3n) is 4.26. The molecule has 9 nitrogen and oxygen atoms in total. The van der Waals surface area contributed by atoms with E-state index in [1.807, 2.05) is 18.3 Å². The first-order chi connectivity index (χ1) is 13.0. The van der Waals surface area contributed by atoms with E-state index >= 15 is 0 Å². The summed E-state index contributed by atoms with van der Waals surface area (Å²) in [7, 11) is 2.09. The summed E-state index contributed by atoms with van der Waals surface area (Å²) in [4.78, 5) is 33.4. The lowest BCUT2D eigenvalue weighted by atomic mass is 10.1. The molecule has 9 heteroatoms. The molecule has 1 unspecified atom stereocenters. The molecule has 0 saturated carbocycles. The van der Waals surface area contributed by atoms with Gasteiger partial charge < -0.3 is 20.0 Å². The zero-order valence-corrected chi connectivity index (χ0v) is 15.2. The van der Waals surface area contributed by atoms with Crippen LogP contribution in [0.2, 0.25) is 0 Å². The number of likely N-dealkylation sites (tertiary alicyclic amines) is 1. The average Bonchev–Trinajstić information content (AvgIpc) is 2.68. The minimum Gasteiger partial charge on any atom is -0.478 e. The minimum absolute atomic E-state index is 0.285. The lowest BCUT2D eigenvalue weighted by Crippen LogP contribution is -2.55. The Bertz CT molecular complexity index is 670. The van der Waals surface area contributed by atoms with Crippen molar-refractivity contribution in [1.29, 1.82) is 0 Å². The molecule has 1 saturated heterocycles. The summed E-state index contributed by atoms with van der Waals surface area (Å²) in [6, 6.07) is 3.94. The molecule has 2 aliphatic heterocycles. The molecule has 146 valence electrons. The summed E-state index contributed by atoms with van der Waals surface area (Å²) in [5.74, 6) is -1.64. The van der Waals surface area contributed by atoms with Crippen molar-refractivity contribution in [3.63, 3.8) is 0 Å². The Balaban J connectivity index is 0.000000279. The van der Waals surface area contributed by atoms with E-state index < -0.39 is 11.9 Å². The van der Waals surface area contributed by atoms with Gasteiger partial charge in [-0.3, -0.25) is 9.88 Å². The second kappa shape index (κ2) is 10.3. The molecule has 0 amide bonds. The number of piperidine rings is 1. The van der Waals surface area contributed by atoms with Crippen molar-refractivity contribution in [2.75, 3.05) is 26.7 Å². The van der Waals surface area contributed by atoms with Crippen molar-refractivity contribution in [2.24, 2.45) is 5.16 Å². The van der Waals surface area contributed by atoms with Gasteiger partial charge in [0.2, 0.25) is 0 Å². The van der Waals surface area contributed by atoms with Gasteiger partial charge in [-0.2, -0.15) is 0 Å². The van der Waals surface area contributed by atoms with Gasteiger partial charge in [0.1, 0.15) is 6.17 Å². The summed E-state index contributed by atoms with van der Waals surface area (Å²) in [6.07, 6.45) is 8.91. The molecule has 0 bridgehead atoms. The molecule has 0 radical (unpaired) electrons. The Morgan fingerprint density at radius 2 is 1.85 bits per heavy atom. The van der Waals surface area contributed by atoms with Crippen LogP contribution in [-0.2, 0) is 14.4 Å². The second-order valence-corrected chi connectivity index (χ2v) is 6.15. The number of aromatic nitrogens is 1. The number of nitrogens with zero attached hydrogens (tertiary/aromatic N) is 4. The van der Waals surface area contributed by atoms with Gasteiger partial charge in [0, 0.05) is 50.2 Å². The number of carboxylic acid groups (broad SMARTS) is 2. The number of carboxylic acids is 2. The fourth-order valence-corrected chi connectivity index (χ4v) is 2.94. The smallest absolute Gasteiger partial charge is 0.328 e. The SMILES string of the molecule is CN1C(c2cccnc2)=NOCC1N1CCCCC1.O=C(O)/C=C\C(=O)O. The lowest BCUT2D eigenvalue weighted by Gasteiger charge is -2.41. The van der Waals surface area contributed by atoms with E-state index in [0.29, 0.717) is 18.8 Å². The van der Waals surface area contributed by atoms with Gasteiger partial charge in [0.05, 0.1) is 0 Å². The Morgan fingerprint density at radius 1 is 1.19 bits per heavy atom. The first-order valence-electron chi connectivity index (χ1n) is 8.70. The van der Waals surface area contributed by atoms with E-state index in [1.54, 1.807) is 6.20 Å². The van der Waals surface area contributed by atoms with Crippen molar-refractivity contribution >= 4 is 17.8 Å². The van der Waals surface area contributed by atoms with Gasteiger partial charge >= 0.3 is 11.9 Å². The van der Waals surface area contributed by atoms with Crippen LogP contribution in [-0.4, -0.2) is 75.7 Å². The predicted octanol–water partition coefficient (Wildman–Crippen LogP) is 1.23. The third kappa shape index (κ3) is 6.37. The van der Waals surface area contributed by atoms with Crippen LogP contribution < -0.4 is 0 Å². The summed E-state index contributed by atoms with van der Waals surface area (Å²) in [5.41, 5.74) is 1.01. The Kier molecular flexibility index (Phi) is 7.75. The number of pyridine rings is 1. The highest BCUT2D eigenvalue weighted by Gasteiger charge is 2.30. The van der Waals surface area contributed by atoms with Gasteiger partial charge in [0.15, 0.2) is 12.4 Å². The predicted molar refractivity (Wildman–Crippen MR) is 98.1 cm³/mol. The van der Waals surface area contributed by atoms with Crippen LogP contribution in [0, 0.1) is 0 Å². The maximum absolute atomic E-state index is 9.55. The number of hydrogen-bond donors (Lipinski definition) is 2. The highest BCUT2D eigenvalue weighted by atomic mass is 16.6. The van der Waals surface area contributed by atoms with Gasteiger partial charge in [0.25, 0.3) is 0 Å². The number of amidine groups is 1. The van der Waals surface area contributed by atoms with E-state index in [9.17, 15) is 9.59 Å². The first-order valence-corrected chi connectivity index (χ1v) is 8.70. The van der Waals surface area contributed by atoms with Crippen LogP contribution in [0.4, 0.5) is 0 Å². The number of rotatable bonds is 4. The maximum atomic E-state index is 9.55. The number of aliphatic carboxylic acids is 2. The largest absolute Gasteiger partial charge is 0.478 e. The molecule has 27 heavy (non-hydrogen) atoms. The van der Waals surface area contributed by atoms with Crippen LogP contribution in [0.3, 0.4) is 0 Å². The summed E-state index contributed by atoms with van der Waals surface area (Å²) in [5, 5.41) is 19.8. The van der Waals surface area contributed by atoms with Crippen molar-refractivity contribution in [2.45, 2.75) is 25.4 Å². The standard InChI is InChI=1S/C14H20N4O.C4H4O4/c1-17-13(18-8-3-2-4-9-18)11-19-16-14(17)12-6-5-7-15-10-12;5-3(6)1-2-4(7)8/h5-7,10,13H,2-4,8-9,11H2,1H3;1-2H,(H,5,6)(H,7,8)/b;2-1-. The van der Waals surface area contributed by atoms with E-state index in [4.69, 9.17) is 15.1 Å². The van der Waals surface area contributed by atoms with E-state index in [0.717, 1.165) is 24.5 Å². The Morgan fingerprint density at radius 3 is 2.41 bits per heavy atom. The molecular weight excluding hydrogens is 352 g/mol. The highest BCUT2D eigenvalue weighted by Crippen LogP contribution is 2.19. The molecule has 0 aromatic carbocycles. The molecule has 0 spiro atoms. The van der Waals surface area contributed by atoms with Crippen molar-refractivity contribution in [3.8, 4) is 0 Å². The maximum Gasteiger partial charge on any atom is 0.328 e. The summed E-state index contributed by atoms with van der Waals surface area (Å²) in [6.45, 7) is 2.94. The Hall–Kier alpha value is -2.94. The number of oxime groups is 1. The normalized spacial score (nSPS) is 20.3. The van der Waals surface area contributed by atoms with Crippen LogP contribution in [0.15, 0.2) is 41.8 Å². The molecule has 2 aliphatic rings. The third-order valence-corrected chi connectivity index (χ3v) is 4.26. The van der Waals surface area contributed by atoms with Crippen LogP contribution in [0.25, 0.3) is 0 Å². The summed E-state index contributed by atoms with van der Waals surface area (Å²) < 4.78 is 0. The lowest BCUT2D eigenvalue weighted by molar-refractivity contribution is -0.134. The van der Waals surface area contributed by atoms with Crippen LogP contribution >= 0.6 is 0 Å². The highest BCUT2D eigenvalue weighted by molar-refractivity contribution is 5.98. The molecule has 0 aliphatic carbocycles. The Labute approximate surface area is 157 Å². The molecule has 1 aromatic heterocycles. The molecular formula is C18H24N4O5. The van der Waals surface area contributed by atoms with Crippen molar-refractivity contribution in [1.82, 2.24) is 14.8 Å². The minimum atomic E-state index is -1.26. The van der Waals surface area contributed by atoms with Gasteiger partial charge in [-0.1, -0.05) is 11.6 Å². The molecule has 1 atom stereocenters. The molecule has 2 N–H and O–H groups in total.